The van der Waals surface area contributed by atoms with E-state index in [1.165, 1.54) is 16.8 Å². The smallest absolute Gasteiger partial charge is 0.296 e. The number of hydrogen-bond donors (Lipinski definition) is 4. The molecule has 2 aliphatic carbocycles. The number of aromatic nitrogens is 5. The molecule has 1 aliphatic heterocycles. The topological polar surface area (TPSA) is 169 Å². The number of ether oxygens (including phenoxy) is 1. The zero-order valence-corrected chi connectivity index (χ0v) is 33.3. The lowest BCUT2D eigenvalue weighted by molar-refractivity contribution is -0.123. The lowest BCUT2D eigenvalue weighted by Gasteiger charge is -2.29. The zero-order chi connectivity index (χ0) is 42.0. The molecular formula is C40H36ClF4N9O4S. The minimum Gasteiger partial charge on any atom is -0.360 e. The number of nitrogens with zero attached hydrogens (tertiary/aromatic N) is 5. The Labute approximate surface area is 340 Å². The molecule has 0 unspecified atom stereocenters. The molecule has 3 aliphatic rings. The first-order valence-electron chi connectivity index (χ1n) is 18.4. The molecule has 8 rings (SSSR count). The van der Waals surface area contributed by atoms with Crippen molar-refractivity contribution in [3.8, 4) is 23.0 Å². The first kappa shape index (κ1) is 40.2. The summed E-state index contributed by atoms with van der Waals surface area (Å²) in [6.07, 6.45) is 4.62. The second-order valence-corrected chi connectivity index (χ2v) is 17.1. The number of allylic oxidation sites excluding steroid dienone is 2. The zero-order valence-electron chi connectivity index (χ0n) is 31.7. The number of morpholine rings is 1. The van der Waals surface area contributed by atoms with Gasteiger partial charge in [0.15, 0.2) is 5.82 Å². The number of alkyl halides is 2. The number of sulfonamides is 1. The number of hydrogen-bond acceptors (Lipinski definition) is 9. The number of nitrogens with one attached hydrogen (secondary N) is 4. The third-order valence-corrected chi connectivity index (χ3v) is 11.4. The first-order valence-corrected chi connectivity index (χ1v) is 20.7. The molecule has 2 aromatic carbocycles. The van der Waals surface area contributed by atoms with Gasteiger partial charge in [0.25, 0.3) is 5.92 Å². The quantitative estimate of drug-likeness (QED) is 0.0633. The molecular weight excluding hydrogens is 814 g/mol. The van der Waals surface area contributed by atoms with Crippen molar-refractivity contribution in [3.05, 3.63) is 105 Å². The molecule has 306 valence electrons. The van der Waals surface area contributed by atoms with Crippen LogP contribution in [0.4, 0.5) is 23.4 Å². The summed E-state index contributed by atoms with van der Waals surface area (Å²) in [5.74, 6) is -1.53. The maximum Gasteiger partial charge on any atom is 0.296 e. The van der Waals surface area contributed by atoms with Crippen LogP contribution in [-0.2, 0) is 45.5 Å². The van der Waals surface area contributed by atoms with Gasteiger partial charge in [-0.15, -0.1) is 0 Å². The van der Waals surface area contributed by atoms with Gasteiger partial charge in [0.1, 0.15) is 40.9 Å². The van der Waals surface area contributed by atoms with Crippen LogP contribution < -0.4 is 15.4 Å². The van der Waals surface area contributed by atoms with Crippen LogP contribution in [0.2, 0.25) is 5.02 Å². The van der Waals surface area contributed by atoms with Crippen molar-refractivity contribution in [2.24, 2.45) is 13.0 Å². The average molecular weight is 850 g/mol. The van der Waals surface area contributed by atoms with Crippen molar-refractivity contribution < 1.29 is 35.5 Å². The fraction of sp³-hybridized carbons (Fsp3) is 0.325. The van der Waals surface area contributed by atoms with Gasteiger partial charge in [-0.3, -0.25) is 18.9 Å². The number of aryl methyl sites for hydroxylation is 1. The normalized spacial score (nSPS) is 20.9. The van der Waals surface area contributed by atoms with Crippen molar-refractivity contribution in [2.45, 2.75) is 43.4 Å². The first-order chi connectivity index (χ1) is 27.9. The molecule has 1 fully saturated rings. The monoisotopic (exact) mass is 849 g/mol. The number of carbonyl (C=O) groups is 1. The van der Waals surface area contributed by atoms with E-state index < -0.39 is 69.2 Å². The Kier molecular flexibility index (Phi) is 10.1. The van der Waals surface area contributed by atoms with E-state index in [1.54, 1.807) is 31.3 Å². The summed E-state index contributed by atoms with van der Waals surface area (Å²) >= 11 is 6.65. The molecule has 1 amide bonds. The predicted octanol–water partition coefficient (Wildman–Crippen LogP) is 5.34. The number of benzene rings is 2. The molecule has 59 heavy (non-hydrogen) atoms. The molecule has 3 aromatic heterocycles. The van der Waals surface area contributed by atoms with Crippen molar-refractivity contribution in [2.75, 3.05) is 30.7 Å². The highest BCUT2D eigenvalue weighted by atomic mass is 35.5. The fourth-order valence-electron chi connectivity index (χ4n) is 7.95. The fourth-order valence-corrected chi connectivity index (χ4v) is 8.68. The number of amides is 1. The van der Waals surface area contributed by atoms with Crippen LogP contribution in [0.3, 0.4) is 0 Å². The lowest BCUT2D eigenvalue weighted by atomic mass is 9.81. The number of carbonyl (C=O) groups excluding carboxylic acids is 1. The van der Waals surface area contributed by atoms with Gasteiger partial charge >= 0.3 is 0 Å². The maximum atomic E-state index is 15.7. The van der Waals surface area contributed by atoms with Crippen LogP contribution in [0, 0.1) is 34.8 Å². The Bertz CT molecular complexity index is 2750. The Hall–Kier alpha value is -5.61. The minimum absolute atomic E-state index is 0.0184. The molecule has 4 heterocycles. The summed E-state index contributed by atoms with van der Waals surface area (Å²) in [5.41, 5.74) is 0.587. The van der Waals surface area contributed by atoms with Gasteiger partial charge < -0.3 is 20.8 Å². The molecule has 1 saturated heterocycles. The van der Waals surface area contributed by atoms with E-state index in [9.17, 15) is 22.0 Å². The highest BCUT2D eigenvalue weighted by Gasteiger charge is 2.59. The molecule has 0 bridgehead atoms. The molecule has 4 N–H and O–H groups in total. The minimum atomic E-state index is -3.80. The van der Waals surface area contributed by atoms with E-state index in [1.807, 2.05) is 6.92 Å². The number of fused-ring (bicyclic) bond motifs is 4. The van der Waals surface area contributed by atoms with Crippen molar-refractivity contribution in [1.82, 2.24) is 35.2 Å². The third-order valence-electron chi connectivity index (χ3n) is 10.5. The molecule has 0 radical (unpaired) electrons. The van der Waals surface area contributed by atoms with Gasteiger partial charge in [-0.1, -0.05) is 35.7 Å². The highest BCUT2D eigenvalue weighted by molar-refractivity contribution is 7.92. The maximum absolute atomic E-state index is 15.7. The van der Waals surface area contributed by atoms with Gasteiger partial charge in [0.05, 0.1) is 46.4 Å². The molecule has 4 atom stereocenters. The van der Waals surface area contributed by atoms with Gasteiger partial charge in [-0.05, 0) is 55.2 Å². The summed E-state index contributed by atoms with van der Waals surface area (Å²) in [6, 6.07) is 8.22. The number of rotatable bonds is 10. The van der Waals surface area contributed by atoms with E-state index in [0.29, 0.717) is 42.4 Å². The van der Waals surface area contributed by atoms with E-state index >= 15 is 8.78 Å². The van der Waals surface area contributed by atoms with Gasteiger partial charge in [0.2, 0.25) is 15.9 Å². The molecule has 5 aromatic rings. The summed E-state index contributed by atoms with van der Waals surface area (Å²) in [7, 11) is -2.22. The second kappa shape index (κ2) is 14.9. The predicted molar refractivity (Wildman–Crippen MR) is 212 cm³/mol. The van der Waals surface area contributed by atoms with E-state index in [0.717, 1.165) is 29.3 Å². The van der Waals surface area contributed by atoms with Crippen molar-refractivity contribution in [1.29, 1.82) is 5.41 Å². The largest absolute Gasteiger partial charge is 0.360 e. The van der Waals surface area contributed by atoms with Crippen LogP contribution >= 0.6 is 11.6 Å². The van der Waals surface area contributed by atoms with E-state index in [-0.39, 0.29) is 50.9 Å². The highest BCUT2D eigenvalue weighted by Crippen LogP contribution is 2.59. The standard InChI is InChI=1S/C40H36ClF4N9O4S/c1-39(20-47-12-13-58-39)11-10-24-4-5-25(26-7-9-29(41)34-36(26)53(2)51-38(34)52-59(3,56)57)35(48-24)30(16-21-14-22(42)17-23(43)15-21)49-32(55)19-54-37-33(31(18-46)50-54)27-6-8-28(27)40(37,44)45/h4-9,14-15,17-18,27-28,30,46-47H,12-13,16,19-20H2,1-3H3,(H,49,55)(H,51,52)/t27-,28+,30-,39+/m0/s1. The summed E-state index contributed by atoms with van der Waals surface area (Å²) in [4.78, 5) is 19.1. The van der Waals surface area contributed by atoms with Gasteiger partial charge in [0, 0.05) is 55.0 Å². The van der Waals surface area contributed by atoms with Crippen molar-refractivity contribution >= 4 is 50.5 Å². The number of pyridine rings is 1. The Morgan fingerprint density at radius 1 is 1.15 bits per heavy atom. The van der Waals surface area contributed by atoms with Crippen molar-refractivity contribution in [3.63, 3.8) is 0 Å². The van der Waals surface area contributed by atoms with E-state index in [4.69, 9.17) is 26.7 Å². The van der Waals surface area contributed by atoms with Crippen LogP contribution in [0.5, 0.6) is 0 Å². The lowest BCUT2D eigenvalue weighted by Crippen LogP contribution is -2.46. The Morgan fingerprint density at radius 3 is 2.56 bits per heavy atom. The Morgan fingerprint density at radius 2 is 1.90 bits per heavy atom. The number of halogens is 5. The van der Waals surface area contributed by atoms with Crippen LogP contribution in [0.15, 0.2) is 54.6 Å². The van der Waals surface area contributed by atoms with Gasteiger partial charge in [-0.25, -0.2) is 22.2 Å². The third kappa shape index (κ3) is 7.59. The second-order valence-electron chi connectivity index (χ2n) is 14.9. The molecule has 0 spiro atoms. The van der Waals surface area contributed by atoms with Crippen LogP contribution in [-0.4, -0.2) is 76.6 Å². The van der Waals surface area contributed by atoms with Crippen LogP contribution in [0.1, 0.15) is 52.8 Å². The number of anilines is 1. The summed E-state index contributed by atoms with van der Waals surface area (Å²) in [5, 5.41) is 23.0. The molecule has 13 nitrogen and oxygen atoms in total. The molecule has 0 saturated carbocycles. The van der Waals surface area contributed by atoms with E-state index in [2.05, 4.69) is 37.4 Å². The SMILES string of the molecule is Cn1nc(NS(C)(=O)=O)c2c(Cl)ccc(-c3ccc(C#C[C@]4(C)CNCCO4)nc3[C@H](Cc3cc(F)cc(F)c3)NC(=O)Cn3nc(C=N)c4c3C(F)(F)[C@@H]3C=C[C@H]43)c21. The van der Waals surface area contributed by atoms with Gasteiger partial charge in [-0.2, -0.15) is 19.0 Å². The molecule has 19 heteroatoms. The average Bonchev–Trinajstić information content (AvgIpc) is 3.70. The van der Waals surface area contributed by atoms with Crippen LogP contribution in [0.25, 0.3) is 22.0 Å². The summed E-state index contributed by atoms with van der Waals surface area (Å²) in [6.45, 7) is 2.65. The summed E-state index contributed by atoms with van der Waals surface area (Å²) < 4.78 is 96.0. The Balaban J connectivity index is 1.28.